The van der Waals surface area contributed by atoms with E-state index in [1.54, 1.807) is 14.2 Å². The van der Waals surface area contributed by atoms with E-state index in [2.05, 4.69) is 25.8 Å². The summed E-state index contributed by atoms with van der Waals surface area (Å²) < 4.78 is 21.9. The number of ether oxygens (including phenoxy) is 4. The van der Waals surface area contributed by atoms with Gasteiger partial charge in [0, 0.05) is 26.3 Å². The first-order valence-corrected chi connectivity index (χ1v) is 6.56. The highest BCUT2D eigenvalue weighted by Crippen LogP contribution is 2.27. The Bertz CT molecular complexity index is 205. The lowest BCUT2D eigenvalue weighted by Gasteiger charge is -2.24. The quantitative estimate of drug-likeness (QED) is 0.604. The average Bonchev–Trinajstić information content (AvgIpc) is 2.56. The van der Waals surface area contributed by atoms with Gasteiger partial charge in [0.15, 0.2) is 0 Å². The van der Waals surface area contributed by atoms with Crippen molar-refractivity contribution in [3.63, 3.8) is 0 Å². The Labute approximate surface area is 110 Å². The van der Waals surface area contributed by atoms with Crippen molar-refractivity contribution < 1.29 is 18.9 Å². The van der Waals surface area contributed by atoms with E-state index in [1.165, 1.54) is 0 Å². The molecule has 1 fully saturated rings. The highest BCUT2D eigenvalue weighted by molar-refractivity contribution is 4.97. The van der Waals surface area contributed by atoms with E-state index in [0.29, 0.717) is 38.5 Å². The largest absolute Gasteiger partial charge is 0.382 e. The first-order valence-electron chi connectivity index (χ1n) is 6.56. The molecule has 0 saturated carbocycles. The van der Waals surface area contributed by atoms with Gasteiger partial charge in [-0.1, -0.05) is 0 Å². The fraction of sp³-hybridized carbons (Fsp3) is 1.00. The third-order valence-corrected chi connectivity index (χ3v) is 3.76. The lowest BCUT2D eigenvalue weighted by Crippen LogP contribution is -2.37. The van der Waals surface area contributed by atoms with Crippen molar-refractivity contribution in [2.45, 2.75) is 38.1 Å². The Balaban J connectivity index is 2.51. The molecule has 1 rings (SSSR count). The molecule has 1 heterocycles. The highest BCUT2D eigenvalue weighted by Gasteiger charge is 2.44. The molecule has 1 unspecified atom stereocenters. The molecule has 5 nitrogen and oxygen atoms in total. The minimum absolute atomic E-state index is 0.0945. The lowest BCUT2D eigenvalue weighted by molar-refractivity contribution is -0.0805. The second-order valence-corrected chi connectivity index (χ2v) is 4.80. The SMILES string of the molecule is COCCO[C@H]1[C@@H](C)N(C)C(C)[C@@H]1OCCOC. The molecule has 0 radical (unpaired) electrons. The third kappa shape index (κ3) is 3.90. The molecule has 1 aliphatic heterocycles. The molecule has 18 heavy (non-hydrogen) atoms. The molecule has 0 N–H and O–H groups in total. The minimum Gasteiger partial charge on any atom is -0.382 e. The average molecular weight is 261 g/mol. The molecule has 0 aliphatic carbocycles. The molecule has 0 spiro atoms. The second-order valence-electron chi connectivity index (χ2n) is 4.80. The second kappa shape index (κ2) is 8.07. The van der Waals surface area contributed by atoms with Crippen molar-refractivity contribution in [1.29, 1.82) is 0 Å². The molecule has 0 aromatic rings. The maximum Gasteiger partial charge on any atom is 0.100 e. The molecule has 4 atom stereocenters. The minimum atomic E-state index is 0.0945. The van der Waals surface area contributed by atoms with Crippen LogP contribution in [-0.2, 0) is 18.9 Å². The summed E-state index contributed by atoms with van der Waals surface area (Å²) in [6, 6.07) is 0.703. The fourth-order valence-corrected chi connectivity index (χ4v) is 2.39. The molecular formula is C13H27NO4. The molecule has 108 valence electrons. The van der Waals surface area contributed by atoms with E-state index in [9.17, 15) is 0 Å². The van der Waals surface area contributed by atoms with Crippen molar-refractivity contribution in [1.82, 2.24) is 4.90 Å². The van der Waals surface area contributed by atoms with Crippen LogP contribution in [0.25, 0.3) is 0 Å². The number of hydrogen-bond acceptors (Lipinski definition) is 5. The van der Waals surface area contributed by atoms with Gasteiger partial charge in [0.05, 0.1) is 26.4 Å². The van der Waals surface area contributed by atoms with E-state index in [1.807, 2.05) is 0 Å². The number of nitrogens with zero attached hydrogens (tertiary/aromatic N) is 1. The predicted molar refractivity (Wildman–Crippen MR) is 69.9 cm³/mol. The van der Waals surface area contributed by atoms with Gasteiger partial charge in [-0.2, -0.15) is 0 Å². The van der Waals surface area contributed by atoms with Gasteiger partial charge in [-0.25, -0.2) is 0 Å². The van der Waals surface area contributed by atoms with E-state index >= 15 is 0 Å². The van der Waals surface area contributed by atoms with Crippen LogP contribution in [0.4, 0.5) is 0 Å². The molecule has 0 amide bonds. The Kier molecular flexibility index (Phi) is 7.11. The highest BCUT2D eigenvalue weighted by atomic mass is 16.6. The van der Waals surface area contributed by atoms with Crippen LogP contribution in [0.3, 0.4) is 0 Å². The Morgan fingerprint density at radius 3 is 1.50 bits per heavy atom. The van der Waals surface area contributed by atoms with Gasteiger partial charge >= 0.3 is 0 Å². The number of hydrogen-bond donors (Lipinski definition) is 0. The summed E-state index contributed by atoms with van der Waals surface area (Å²) >= 11 is 0. The van der Waals surface area contributed by atoms with Crippen LogP contribution in [0.15, 0.2) is 0 Å². The normalized spacial score (nSPS) is 33.2. The first kappa shape index (κ1) is 15.9. The fourth-order valence-electron chi connectivity index (χ4n) is 2.39. The molecule has 5 heteroatoms. The maximum atomic E-state index is 5.91. The van der Waals surface area contributed by atoms with Crippen molar-refractivity contribution in [3.05, 3.63) is 0 Å². The van der Waals surface area contributed by atoms with Gasteiger partial charge in [0.1, 0.15) is 12.2 Å². The van der Waals surface area contributed by atoms with Gasteiger partial charge < -0.3 is 18.9 Å². The van der Waals surface area contributed by atoms with Crippen LogP contribution in [0, 0.1) is 0 Å². The van der Waals surface area contributed by atoms with Crippen LogP contribution in [0.1, 0.15) is 13.8 Å². The Morgan fingerprint density at radius 1 is 0.778 bits per heavy atom. The molecule has 1 saturated heterocycles. The van der Waals surface area contributed by atoms with Gasteiger partial charge in [-0.15, -0.1) is 0 Å². The Morgan fingerprint density at radius 2 is 1.17 bits per heavy atom. The standard InChI is InChI=1S/C13H27NO4/c1-10-12(17-8-6-15-4)13(11(2)14(10)3)18-9-7-16-5/h10-13H,6-9H2,1-5H3/t10-,11?,12+,13+/m1/s1. The molecule has 0 bridgehead atoms. The van der Waals surface area contributed by atoms with Gasteiger partial charge in [-0.3, -0.25) is 4.90 Å². The first-order chi connectivity index (χ1) is 8.63. The van der Waals surface area contributed by atoms with Crippen molar-refractivity contribution in [2.75, 3.05) is 47.7 Å². The van der Waals surface area contributed by atoms with Crippen molar-refractivity contribution in [2.24, 2.45) is 0 Å². The summed E-state index contributed by atoms with van der Waals surface area (Å²) in [7, 11) is 5.48. The summed E-state index contributed by atoms with van der Waals surface area (Å²) in [4.78, 5) is 2.30. The van der Waals surface area contributed by atoms with Gasteiger partial charge in [0.2, 0.25) is 0 Å². The van der Waals surface area contributed by atoms with Crippen molar-refractivity contribution >= 4 is 0 Å². The zero-order chi connectivity index (χ0) is 13.5. The number of methoxy groups -OCH3 is 2. The summed E-state index contributed by atoms with van der Waals surface area (Å²) in [5, 5.41) is 0. The van der Waals surface area contributed by atoms with Gasteiger partial charge in [0.25, 0.3) is 0 Å². The van der Waals surface area contributed by atoms with Crippen LogP contribution in [0.2, 0.25) is 0 Å². The van der Waals surface area contributed by atoms with Crippen LogP contribution in [0.5, 0.6) is 0 Å². The van der Waals surface area contributed by atoms with Crippen molar-refractivity contribution in [3.8, 4) is 0 Å². The molecular weight excluding hydrogens is 234 g/mol. The summed E-state index contributed by atoms with van der Waals surface area (Å²) in [6.07, 6.45) is 0.189. The number of likely N-dealkylation sites (N-methyl/N-ethyl adjacent to an activating group) is 1. The zero-order valence-electron chi connectivity index (χ0n) is 12.2. The van der Waals surface area contributed by atoms with Crippen LogP contribution >= 0.6 is 0 Å². The van der Waals surface area contributed by atoms with Gasteiger partial charge in [-0.05, 0) is 20.9 Å². The summed E-state index contributed by atoms with van der Waals surface area (Å²) in [5.41, 5.74) is 0. The smallest absolute Gasteiger partial charge is 0.100 e. The molecule has 0 aromatic carbocycles. The van der Waals surface area contributed by atoms with E-state index in [4.69, 9.17) is 18.9 Å². The predicted octanol–water partition coefficient (Wildman–Crippen LogP) is 0.772. The summed E-state index contributed by atoms with van der Waals surface area (Å²) in [5.74, 6) is 0. The Hall–Kier alpha value is -0.200. The van der Waals surface area contributed by atoms with E-state index in [0.717, 1.165) is 0 Å². The summed E-state index contributed by atoms with van der Waals surface area (Å²) in [6.45, 7) is 6.80. The topological polar surface area (TPSA) is 40.2 Å². The lowest BCUT2D eigenvalue weighted by atomic mass is 10.1. The number of rotatable bonds is 8. The molecule has 0 aromatic heterocycles. The van der Waals surface area contributed by atoms with Crippen LogP contribution in [-0.4, -0.2) is 76.9 Å². The number of likely N-dealkylation sites (tertiary alicyclic amines) is 1. The van der Waals surface area contributed by atoms with E-state index in [-0.39, 0.29) is 12.2 Å². The van der Waals surface area contributed by atoms with E-state index < -0.39 is 0 Å². The molecule has 1 aliphatic rings. The zero-order valence-corrected chi connectivity index (χ0v) is 12.2. The third-order valence-electron chi connectivity index (χ3n) is 3.76. The maximum absolute atomic E-state index is 5.91. The monoisotopic (exact) mass is 261 g/mol. The van der Waals surface area contributed by atoms with Crippen LogP contribution < -0.4 is 0 Å².